The van der Waals surface area contributed by atoms with E-state index < -0.39 is 0 Å². The Balaban J connectivity index is 1.64. The lowest BCUT2D eigenvalue weighted by Crippen LogP contribution is -2.26. The minimum Gasteiger partial charge on any atom is -0.350 e. The second-order valence-corrected chi connectivity index (χ2v) is 4.76. The highest BCUT2D eigenvalue weighted by Gasteiger charge is 2.07. The lowest BCUT2D eigenvalue weighted by Gasteiger charge is -2.05. The highest BCUT2D eigenvalue weighted by Crippen LogP contribution is 2.10. The van der Waals surface area contributed by atoms with Crippen molar-refractivity contribution in [2.45, 2.75) is 6.42 Å². The van der Waals surface area contributed by atoms with Crippen molar-refractivity contribution < 1.29 is 4.79 Å². The minimum absolute atomic E-state index is 0.148. The number of benzene rings is 1. The fourth-order valence-corrected chi connectivity index (χ4v) is 2.15. The van der Waals surface area contributed by atoms with E-state index in [1.165, 1.54) is 5.56 Å². The van der Waals surface area contributed by atoms with Crippen LogP contribution >= 0.6 is 0 Å². The molecule has 4 heteroatoms. The van der Waals surface area contributed by atoms with Gasteiger partial charge in [0.2, 0.25) is 0 Å². The zero-order valence-corrected chi connectivity index (χ0v) is 11.5. The van der Waals surface area contributed by atoms with E-state index in [0.29, 0.717) is 12.2 Å². The molecule has 3 rings (SSSR count). The van der Waals surface area contributed by atoms with Crippen LogP contribution in [0.25, 0.3) is 10.9 Å². The number of pyridine rings is 2. The van der Waals surface area contributed by atoms with E-state index in [4.69, 9.17) is 0 Å². The van der Waals surface area contributed by atoms with Gasteiger partial charge in [0.05, 0.1) is 5.52 Å². The van der Waals surface area contributed by atoms with Gasteiger partial charge in [-0.25, -0.2) is 4.98 Å². The van der Waals surface area contributed by atoms with E-state index in [9.17, 15) is 4.79 Å². The van der Waals surface area contributed by atoms with Gasteiger partial charge < -0.3 is 5.32 Å². The maximum Gasteiger partial charge on any atom is 0.269 e. The number of carbonyl (C=O) groups is 1. The Morgan fingerprint density at radius 3 is 2.76 bits per heavy atom. The largest absolute Gasteiger partial charge is 0.350 e. The number of aromatic nitrogens is 2. The number of nitrogens with zero attached hydrogens (tertiary/aromatic N) is 2. The molecule has 0 aliphatic heterocycles. The first-order chi connectivity index (χ1) is 10.3. The van der Waals surface area contributed by atoms with E-state index in [1.54, 1.807) is 24.5 Å². The highest BCUT2D eigenvalue weighted by atomic mass is 16.1. The van der Waals surface area contributed by atoms with Crippen molar-refractivity contribution >= 4 is 16.8 Å². The van der Waals surface area contributed by atoms with Crippen LogP contribution in [-0.4, -0.2) is 22.4 Å². The first-order valence-electron chi connectivity index (χ1n) is 6.86. The summed E-state index contributed by atoms with van der Waals surface area (Å²) in [6.45, 7) is 0.596. The molecule has 2 aromatic heterocycles. The van der Waals surface area contributed by atoms with Crippen molar-refractivity contribution in [2.24, 2.45) is 0 Å². The van der Waals surface area contributed by atoms with Crippen LogP contribution in [0.5, 0.6) is 0 Å². The third-order valence-electron chi connectivity index (χ3n) is 3.26. The normalized spacial score (nSPS) is 10.5. The number of hydrogen-bond donors (Lipinski definition) is 1. The Hall–Kier alpha value is -2.75. The molecule has 0 fully saturated rings. The molecule has 0 saturated heterocycles. The van der Waals surface area contributed by atoms with Crippen molar-refractivity contribution in [2.75, 3.05) is 6.54 Å². The Kier molecular flexibility index (Phi) is 3.87. The zero-order valence-electron chi connectivity index (χ0n) is 11.5. The van der Waals surface area contributed by atoms with Gasteiger partial charge in [-0.3, -0.25) is 9.78 Å². The lowest BCUT2D eigenvalue weighted by molar-refractivity contribution is 0.0949. The molecule has 0 bridgehead atoms. The Morgan fingerprint density at radius 1 is 1.05 bits per heavy atom. The fourth-order valence-electron chi connectivity index (χ4n) is 2.15. The molecule has 1 N–H and O–H groups in total. The SMILES string of the molecule is O=C(NCCc1ccccc1)c1ccc2cnccc2n1. The molecule has 3 aromatic rings. The third kappa shape index (κ3) is 3.23. The van der Waals surface area contributed by atoms with Gasteiger partial charge in [0.15, 0.2) is 0 Å². The third-order valence-corrected chi connectivity index (χ3v) is 3.26. The van der Waals surface area contributed by atoms with Gasteiger partial charge in [-0.2, -0.15) is 0 Å². The van der Waals surface area contributed by atoms with Gasteiger partial charge >= 0.3 is 0 Å². The Bertz CT molecular complexity index is 756. The number of fused-ring (bicyclic) bond motifs is 1. The predicted molar refractivity (Wildman–Crippen MR) is 82.0 cm³/mol. The average molecular weight is 277 g/mol. The maximum absolute atomic E-state index is 12.1. The second-order valence-electron chi connectivity index (χ2n) is 4.76. The first-order valence-corrected chi connectivity index (χ1v) is 6.86. The maximum atomic E-state index is 12.1. The van der Waals surface area contributed by atoms with E-state index in [0.717, 1.165) is 17.3 Å². The summed E-state index contributed by atoms with van der Waals surface area (Å²) in [5, 5.41) is 3.82. The summed E-state index contributed by atoms with van der Waals surface area (Å²) >= 11 is 0. The number of rotatable bonds is 4. The molecular weight excluding hydrogens is 262 g/mol. The van der Waals surface area contributed by atoms with Crippen LogP contribution in [0.3, 0.4) is 0 Å². The monoisotopic (exact) mass is 277 g/mol. The Labute approximate surface area is 122 Å². The summed E-state index contributed by atoms with van der Waals surface area (Å²) in [4.78, 5) is 20.5. The van der Waals surface area contributed by atoms with Crippen LogP contribution in [0.15, 0.2) is 60.9 Å². The van der Waals surface area contributed by atoms with E-state index in [2.05, 4.69) is 15.3 Å². The standard InChI is InChI=1S/C17H15N3O/c21-17(19-11-8-13-4-2-1-3-5-13)16-7-6-14-12-18-10-9-15(14)20-16/h1-7,9-10,12H,8,11H2,(H,19,21). The summed E-state index contributed by atoms with van der Waals surface area (Å²) in [6, 6.07) is 15.5. The van der Waals surface area contributed by atoms with E-state index >= 15 is 0 Å². The van der Waals surface area contributed by atoms with Gasteiger partial charge in [0, 0.05) is 24.3 Å². The molecule has 1 aromatic carbocycles. The van der Waals surface area contributed by atoms with Gasteiger partial charge in [0.1, 0.15) is 5.69 Å². The lowest BCUT2D eigenvalue weighted by atomic mass is 10.1. The van der Waals surface area contributed by atoms with E-state index in [-0.39, 0.29) is 5.91 Å². The van der Waals surface area contributed by atoms with Crippen LogP contribution in [0, 0.1) is 0 Å². The van der Waals surface area contributed by atoms with Crippen LogP contribution in [0.1, 0.15) is 16.1 Å². The van der Waals surface area contributed by atoms with Crippen molar-refractivity contribution in [3.63, 3.8) is 0 Å². The van der Waals surface area contributed by atoms with Crippen LogP contribution in [-0.2, 0) is 6.42 Å². The molecule has 0 aliphatic rings. The minimum atomic E-state index is -0.148. The molecule has 0 saturated carbocycles. The molecule has 0 spiro atoms. The van der Waals surface area contributed by atoms with Crippen molar-refractivity contribution in [3.8, 4) is 0 Å². The second kappa shape index (κ2) is 6.13. The molecule has 0 unspecified atom stereocenters. The molecule has 21 heavy (non-hydrogen) atoms. The first kappa shape index (κ1) is 13.2. The number of nitrogens with one attached hydrogen (secondary N) is 1. The van der Waals surface area contributed by atoms with Crippen molar-refractivity contribution in [3.05, 3.63) is 72.2 Å². The predicted octanol–water partition coefficient (Wildman–Crippen LogP) is 2.60. The Morgan fingerprint density at radius 2 is 1.90 bits per heavy atom. The van der Waals surface area contributed by atoms with Gasteiger partial charge in [-0.05, 0) is 30.2 Å². The summed E-state index contributed by atoms with van der Waals surface area (Å²) in [7, 11) is 0. The van der Waals surface area contributed by atoms with Crippen LogP contribution < -0.4 is 5.32 Å². The number of hydrogen-bond acceptors (Lipinski definition) is 3. The quantitative estimate of drug-likeness (QED) is 0.797. The molecule has 0 radical (unpaired) electrons. The summed E-state index contributed by atoms with van der Waals surface area (Å²) in [5.74, 6) is -0.148. The van der Waals surface area contributed by atoms with Gasteiger partial charge in [-0.1, -0.05) is 30.3 Å². The van der Waals surface area contributed by atoms with Crippen LogP contribution in [0.2, 0.25) is 0 Å². The highest BCUT2D eigenvalue weighted by molar-refractivity contribution is 5.94. The fraction of sp³-hybridized carbons (Fsp3) is 0.118. The molecule has 4 nitrogen and oxygen atoms in total. The van der Waals surface area contributed by atoms with E-state index in [1.807, 2.05) is 36.4 Å². The summed E-state index contributed by atoms with van der Waals surface area (Å²) in [6.07, 6.45) is 4.22. The van der Waals surface area contributed by atoms with Crippen molar-refractivity contribution in [1.29, 1.82) is 0 Å². The molecule has 1 amide bonds. The van der Waals surface area contributed by atoms with Gasteiger partial charge in [-0.15, -0.1) is 0 Å². The van der Waals surface area contributed by atoms with Crippen LogP contribution in [0.4, 0.5) is 0 Å². The smallest absolute Gasteiger partial charge is 0.269 e. The molecule has 0 aliphatic carbocycles. The average Bonchev–Trinajstić information content (AvgIpc) is 2.55. The number of carbonyl (C=O) groups excluding carboxylic acids is 1. The topological polar surface area (TPSA) is 54.9 Å². The van der Waals surface area contributed by atoms with Crippen molar-refractivity contribution in [1.82, 2.24) is 15.3 Å². The molecule has 2 heterocycles. The molecule has 0 atom stereocenters. The van der Waals surface area contributed by atoms with Gasteiger partial charge in [0.25, 0.3) is 5.91 Å². The summed E-state index contributed by atoms with van der Waals surface area (Å²) < 4.78 is 0. The molecule has 104 valence electrons. The molecular formula is C17H15N3O. The summed E-state index contributed by atoms with van der Waals surface area (Å²) in [5.41, 5.74) is 2.41. The zero-order chi connectivity index (χ0) is 14.5. The number of amides is 1.